The molecular formula is C13H11N5OS. The molecule has 4 rings (SSSR count). The Hall–Kier alpha value is -2.28. The summed E-state index contributed by atoms with van der Waals surface area (Å²) in [6.07, 6.45) is 4.34. The molecule has 0 aromatic carbocycles. The molecule has 6 nitrogen and oxygen atoms in total. The monoisotopic (exact) mass is 285 g/mol. The van der Waals surface area contributed by atoms with Crippen LogP contribution < -0.4 is 4.90 Å². The summed E-state index contributed by atoms with van der Waals surface area (Å²) >= 11 is 1.33. The van der Waals surface area contributed by atoms with Crippen molar-refractivity contribution >= 4 is 33.4 Å². The summed E-state index contributed by atoms with van der Waals surface area (Å²) in [5.74, 6) is 0.767. The van der Waals surface area contributed by atoms with Gasteiger partial charge in [0.25, 0.3) is 5.91 Å². The van der Waals surface area contributed by atoms with Gasteiger partial charge in [0.15, 0.2) is 5.01 Å². The molecule has 0 saturated carbocycles. The molecule has 0 atom stereocenters. The lowest BCUT2D eigenvalue weighted by Gasteiger charge is -2.26. The Morgan fingerprint density at radius 2 is 2.20 bits per heavy atom. The van der Waals surface area contributed by atoms with Crippen LogP contribution in [0.15, 0.2) is 30.6 Å². The van der Waals surface area contributed by atoms with Crippen LogP contribution in [0, 0.1) is 0 Å². The van der Waals surface area contributed by atoms with Gasteiger partial charge in [-0.25, -0.2) is 14.6 Å². The Morgan fingerprint density at radius 1 is 1.25 bits per heavy atom. The van der Waals surface area contributed by atoms with Crippen molar-refractivity contribution in [2.45, 2.75) is 13.0 Å². The fourth-order valence-electron chi connectivity index (χ4n) is 2.40. The van der Waals surface area contributed by atoms with Crippen LogP contribution in [0.1, 0.15) is 16.2 Å². The second-order valence-electron chi connectivity index (χ2n) is 4.57. The van der Waals surface area contributed by atoms with Crippen molar-refractivity contribution < 1.29 is 4.79 Å². The molecule has 100 valence electrons. The third-order valence-electron chi connectivity index (χ3n) is 3.32. The minimum absolute atomic E-state index is 0.0746. The third kappa shape index (κ3) is 1.70. The lowest BCUT2D eigenvalue weighted by Crippen LogP contribution is -2.37. The SMILES string of the molecule is O=C(c1nc2cccnc2s1)N1CCCn2nccc21. The van der Waals surface area contributed by atoms with Crippen LogP contribution in [0.5, 0.6) is 0 Å². The Balaban J connectivity index is 1.74. The van der Waals surface area contributed by atoms with Crippen LogP contribution >= 0.6 is 11.3 Å². The number of nitrogens with zero attached hydrogens (tertiary/aromatic N) is 5. The number of aromatic nitrogens is 4. The predicted octanol–water partition coefficient (Wildman–Crippen LogP) is 1.94. The van der Waals surface area contributed by atoms with Crippen molar-refractivity contribution in [2.75, 3.05) is 11.4 Å². The van der Waals surface area contributed by atoms with Crippen LogP contribution in [0.2, 0.25) is 0 Å². The molecule has 3 aromatic rings. The van der Waals surface area contributed by atoms with Crippen molar-refractivity contribution in [1.82, 2.24) is 19.7 Å². The molecule has 7 heteroatoms. The fourth-order valence-corrected chi connectivity index (χ4v) is 3.26. The minimum atomic E-state index is -0.0746. The molecule has 3 aromatic heterocycles. The largest absolute Gasteiger partial charge is 0.291 e. The molecule has 4 heterocycles. The van der Waals surface area contributed by atoms with E-state index in [0.29, 0.717) is 11.6 Å². The number of amides is 1. The van der Waals surface area contributed by atoms with Gasteiger partial charge < -0.3 is 0 Å². The highest BCUT2D eigenvalue weighted by molar-refractivity contribution is 7.20. The molecule has 0 saturated heterocycles. The van der Waals surface area contributed by atoms with E-state index in [1.807, 2.05) is 22.9 Å². The molecule has 1 aliphatic heterocycles. The van der Waals surface area contributed by atoms with Gasteiger partial charge in [-0.2, -0.15) is 5.10 Å². The van der Waals surface area contributed by atoms with Gasteiger partial charge in [0.2, 0.25) is 0 Å². The van der Waals surface area contributed by atoms with E-state index in [2.05, 4.69) is 15.1 Å². The number of aryl methyl sites for hydroxylation is 1. The van der Waals surface area contributed by atoms with E-state index in [-0.39, 0.29) is 5.91 Å². The normalized spacial score (nSPS) is 14.5. The van der Waals surface area contributed by atoms with Gasteiger partial charge in [0.1, 0.15) is 16.2 Å². The molecule has 1 aliphatic rings. The van der Waals surface area contributed by atoms with Crippen LogP contribution in [0.3, 0.4) is 0 Å². The maximum Gasteiger partial charge on any atom is 0.288 e. The van der Waals surface area contributed by atoms with Crippen molar-refractivity contribution in [2.24, 2.45) is 0 Å². The third-order valence-corrected chi connectivity index (χ3v) is 4.28. The number of thiazole rings is 1. The molecule has 0 unspecified atom stereocenters. The van der Waals surface area contributed by atoms with Gasteiger partial charge >= 0.3 is 0 Å². The number of fused-ring (bicyclic) bond motifs is 2. The number of rotatable bonds is 1. The molecule has 0 aliphatic carbocycles. The van der Waals surface area contributed by atoms with Gasteiger partial charge in [0.05, 0.1) is 6.20 Å². The van der Waals surface area contributed by atoms with Gasteiger partial charge in [-0.3, -0.25) is 9.69 Å². The summed E-state index contributed by atoms with van der Waals surface area (Å²) in [6, 6.07) is 5.56. The lowest BCUT2D eigenvalue weighted by molar-refractivity contribution is 0.0981. The van der Waals surface area contributed by atoms with Crippen LogP contribution in [0.25, 0.3) is 10.3 Å². The van der Waals surface area contributed by atoms with E-state index in [1.54, 1.807) is 17.3 Å². The van der Waals surface area contributed by atoms with Crippen molar-refractivity contribution in [3.05, 3.63) is 35.6 Å². The summed E-state index contributed by atoms with van der Waals surface area (Å²) in [4.78, 5) is 23.8. The van der Waals surface area contributed by atoms with E-state index in [1.165, 1.54) is 11.3 Å². The average molecular weight is 285 g/mol. The van der Waals surface area contributed by atoms with Gasteiger partial charge in [0, 0.05) is 25.4 Å². The van der Waals surface area contributed by atoms with Gasteiger partial charge in [-0.15, -0.1) is 0 Å². The van der Waals surface area contributed by atoms with E-state index in [9.17, 15) is 4.79 Å². The Morgan fingerprint density at radius 3 is 3.10 bits per heavy atom. The first kappa shape index (κ1) is 11.5. The molecule has 0 fully saturated rings. The Bertz CT molecular complexity index is 760. The molecule has 20 heavy (non-hydrogen) atoms. The minimum Gasteiger partial charge on any atom is -0.291 e. The molecule has 0 N–H and O–H groups in total. The zero-order valence-corrected chi connectivity index (χ0v) is 11.4. The maximum atomic E-state index is 12.6. The zero-order chi connectivity index (χ0) is 13.5. The number of hydrogen-bond donors (Lipinski definition) is 0. The first-order valence-electron chi connectivity index (χ1n) is 6.38. The highest BCUT2D eigenvalue weighted by atomic mass is 32.1. The van der Waals surface area contributed by atoms with Crippen LogP contribution in [-0.4, -0.2) is 32.2 Å². The lowest BCUT2D eigenvalue weighted by atomic mass is 10.3. The molecule has 0 radical (unpaired) electrons. The van der Waals surface area contributed by atoms with Crippen LogP contribution in [-0.2, 0) is 6.54 Å². The average Bonchev–Trinajstić information content (AvgIpc) is 3.12. The van der Waals surface area contributed by atoms with Gasteiger partial charge in [-0.1, -0.05) is 11.3 Å². The number of carbonyl (C=O) groups excluding carboxylic acids is 1. The number of anilines is 1. The highest BCUT2D eigenvalue weighted by Crippen LogP contribution is 2.25. The first-order chi connectivity index (χ1) is 9.83. The fraction of sp³-hybridized carbons (Fsp3) is 0.231. The predicted molar refractivity (Wildman–Crippen MR) is 75.9 cm³/mol. The van der Waals surface area contributed by atoms with Crippen molar-refractivity contribution in [3.63, 3.8) is 0 Å². The topological polar surface area (TPSA) is 63.9 Å². The van der Waals surface area contributed by atoms with E-state index in [0.717, 1.165) is 29.1 Å². The van der Waals surface area contributed by atoms with E-state index >= 15 is 0 Å². The standard InChI is InChI=1S/C13H11N5OS/c19-13(12-16-9-3-1-5-14-11(9)20-12)17-7-2-8-18-10(17)4-6-15-18/h1,3-6H,2,7-8H2. The van der Waals surface area contributed by atoms with Crippen LogP contribution in [0.4, 0.5) is 5.82 Å². The van der Waals surface area contributed by atoms with Crippen molar-refractivity contribution in [3.8, 4) is 0 Å². The molecular weight excluding hydrogens is 274 g/mol. The summed E-state index contributed by atoms with van der Waals surface area (Å²) in [5, 5.41) is 4.70. The maximum absolute atomic E-state index is 12.6. The summed E-state index contributed by atoms with van der Waals surface area (Å²) < 4.78 is 1.85. The first-order valence-corrected chi connectivity index (χ1v) is 7.20. The quantitative estimate of drug-likeness (QED) is 0.685. The Kier molecular flexibility index (Phi) is 2.53. The number of pyridine rings is 1. The second-order valence-corrected chi connectivity index (χ2v) is 5.55. The summed E-state index contributed by atoms with van der Waals surface area (Å²) in [7, 11) is 0. The second kappa shape index (κ2) is 4.38. The summed E-state index contributed by atoms with van der Waals surface area (Å²) in [6.45, 7) is 1.56. The molecule has 1 amide bonds. The smallest absolute Gasteiger partial charge is 0.288 e. The molecule has 0 spiro atoms. The van der Waals surface area contributed by atoms with E-state index < -0.39 is 0 Å². The van der Waals surface area contributed by atoms with Crippen molar-refractivity contribution in [1.29, 1.82) is 0 Å². The summed E-state index contributed by atoms with van der Waals surface area (Å²) in [5.41, 5.74) is 0.770. The van der Waals surface area contributed by atoms with E-state index in [4.69, 9.17) is 0 Å². The Labute approximate surface area is 118 Å². The van der Waals surface area contributed by atoms with Gasteiger partial charge in [-0.05, 0) is 18.6 Å². The number of carbonyl (C=O) groups is 1. The zero-order valence-electron chi connectivity index (χ0n) is 10.6. The molecule has 0 bridgehead atoms. The number of hydrogen-bond acceptors (Lipinski definition) is 5. The highest BCUT2D eigenvalue weighted by Gasteiger charge is 2.26.